The smallest absolute Gasteiger partial charge is 0.120 e. The van der Waals surface area contributed by atoms with Crippen LogP contribution in [0.2, 0.25) is 0 Å². The van der Waals surface area contributed by atoms with E-state index in [0.717, 1.165) is 23.4 Å². The first-order valence-electron chi connectivity index (χ1n) is 9.46. The Labute approximate surface area is 177 Å². The Morgan fingerprint density at radius 2 is 1.96 bits per heavy atom. The molecule has 0 saturated heterocycles. The fraction of sp³-hybridized carbons (Fsp3) is 0.429. The predicted molar refractivity (Wildman–Crippen MR) is 120 cm³/mol. The molecule has 28 heavy (non-hydrogen) atoms. The van der Waals surface area contributed by atoms with Gasteiger partial charge < -0.3 is 0 Å². The minimum absolute atomic E-state index is 0.0206. The van der Waals surface area contributed by atoms with E-state index >= 15 is 0 Å². The lowest BCUT2D eigenvalue weighted by atomic mass is 9.83. The number of aromatic nitrogens is 4. The fourth-order valence-electron chi connectivity index (χ4n) is 3.65. The van der Waals surface area contributed by atoms with Crippen molar-refractivity contribution in [1.82, 2.24) is 20.2 Å². The maximum Gasteiger partial charge on any atom is 0.120 e. The third-order valence-corrected chi connectivity index (χ3v) is 8.06. The van der Waals surface area contributed by atoms with E-state index in [2.05, 4.69) is 66.5 Å². The molecular formula is C21H24N4S3. The number of nitrogens with zero attached hydrogens (tertiary/aromatic N) is 4. The molecule has 0 saturated carbocycles. The molecule has 146 valence electrons. The Balaban J connectivity index is 1.53. The molecule has 4 nitrogen and oxygen atoms in total. The minimum atomic E-state index is 0.0206. The summed E-state index contributed by atoms with van der Waals surface area (Å²) in [4.78, 5) is 9.46. The SMILES string of the molecule is CC(CC(C)(C)c1nc2ccc(CC(C)c3nncs3)cc2s1)c1cscn1. The molecular weight excluding hydrogens is 404 g/mol. The van der Waals surface area contributed by atoms with Crippen LogP contribution in [0.1, 0.15) is 67.2 Å². The molecule has 2 atom stereocenters. The zero-order chi connectivity index (χ0) is 19.7. The van der Waals surface area contributed by atoms with Gasteiger partial charge in [0.1, 0.15) is 10.5 Å². The number of thiazole rings is 2. The van der Waals surface area contributed by atoms with Crippen molar-refractivity contribution in [1.29, 1.82) is 0 Å². The van der Waals surface area contributed by atoms with Crippen LogP contribution in [-0.4, -0.2) is 20.2 Å². The van der Waals surface area contributed by atoms with Gasteiger partial charge in [0, 0.05) is 22.6 Å². The lowest BCUT2D eigenvalue weighted by Gasteiger charge is -2.25. The first kappa shape index (κ1) is 19.6. The van der Waals surface area contributed by atoms with E-state index in [9.17, 15) is 0 Å². The highest BCUT2D eigenvalue weighted by atomic mass is 32.1. The first-order valence-corrected chi connectivity index (χ1v) is 12.1. The van der Waals surface area contributed by atoms with Gasteiger partial charge >= 0.3 is 0 Å². The molecule has 3 aromatic heterocycles. The summed E-state index contributed by atoms with van der Waals surface area (Å²) in [6.45, 7) is 9.07. The summed E-state index contributed by atoms with van der Waals surface area (Å²) >= 11 is 5.12. The van der Waals surface area contributed by atoms with Gasteiger partial charge in [-0.3, -0.25) is 0 Å². The summed E-state index contributed by atoms with van der Waals surface area (Å²) in [6, 6.07) is 6.67. The topological polar surface area (TPSA) is 51.6 Å². The number of rotatable bonds is 7. The molecule has 3 heterocycles. The molecule has 0 aliphatic carbocycles. The summed E-state index contributed by atoms with van der Waals surface area (Å²) in [5, 5.41) is 12.6. The average molecular weight is 429 g/mol. The van der Waals surface area contributed by atoms with E-state index in [0.29, 0.717) is 11.8 Å². The van der Waals surface area contributed by atoms with Gasteiger partial charge in [0.2, 0.25) is 0 Å². The first-order chi connectivity index (χ1) is 13.4. The molecule has 1 aromatic carbocycles. The lowest BCUT2D eigenvalue weighted by Crippen LogP contribution is -2.19. The fourth-order valence-corrected chi connectivity index (χ4v) is 6.07. The zero-order valence-electron chi connectivity index (χ0n) is 16.5. The third-order valence-electron chi connectivity index (χ3n) is 5.14. The van der Waals surface area contributed by atoms with Crippen LogP contribution >= 0.6 is 34.0 Å². The quantitative estimate of drug-likeness (QED) is 0.341. The maximum absolute atomic E-state index is 4.97. The van der Waals surface area contributed by atoms with Gasteiger partial charge in [0.05, 0.1) is 26.4 Å². The second-order valence-electron chi connectivity index (χ2n) is 8.11. The zero-order valence-corrected chi connectivity index (χ0v) is 19.0. The number of benzene rings is 1. The molecule has 0 bridgehead atoms. The van der Waals surface area contributed by atoms with E-state index in [4.69, 9.17) is 4.98 Å². The van der Waals surface area contributed by atoms with E-state index in [1.807, 2.05) is 16.8 Å². The van der Waals surface area contributed by atoms with Crippen LogP contribution in [0.4, 0.5) is 0 Å². The van der Waals surface area contributed by atoms with Crippen molar-refractivity contribution in [3.63, 3.8) is 0 Å². The van der Waals surface area contributed by atoms with Gasteiger partial charge in [-0.2, -0.15) is 0 Å². The van der Waals surface area contributed by atoms with Gasteiger partial charge in [-0.05, 0) is 30.5 Å². The Morgan fingerprint density at radius 1 is 1.11 bits per heavy atom. The predicted octanol–water partition coefficient (Wildman–Crippen LogP) is 6.42. The highest BCUT2D eigenvalue weighted by molar-refractivity contribution is 7.18. The molecule has 4 rings (SSSR count). The van der Waals surface area contributed by atoms with Gasteiger partial charge in [-0.25, -0.2) is 9.97 Å². The normalized spacial score (nSPS) is 14.4. The van der Waals surface area contributed by atoms with Crippen LogP contribution in [0.25, 0.3) is 10.2 Å². The van der Waals surface area contributed by atoms with Crippen LogP contribution in [0.3, 0.4) is 0 Å². The van der Waals surface area contributed by atoms with Gasteiger partial charge in [0.25, 0.3) is 0 Å². The van der Waals surface area contributed by atoms with Crippen LogP contribution in [0, 0.1) is 0 Å². The van der Waals surface area contributed by atoms with Crippen LogP contribution in [0.5, 0.6) is 0 Å². The monoisotopic (exact) mass is 428 g/mol. The Morgan fingerprint density at radius 3 is 2.68 bits per heavy atom. The van der Waals surface area contributed by atoms with Crippen molar-refractivity contribution in [2.45, 2.75) is 57.8 Å². The van der Waals surface area contributed by atoms with Crippen molar-refractivity contribution in [2.75, 3.05) is 0 Å². The molecule has 0 fully saturated rings. The molecule has 2 unspecified atom stereocenters. The average Bonchev–Trinajstić information content (AvgIpc) is 3.41. The highest BCUT2D eigenvalue weighted by Crippen LogP contribution is 2.38. The van der Waals surface area contributed by atoms with Crippen LogP contribution < -0.4 is 0 Å². The molecule has 0 N–H and O–H groups in total. The number of fused-ring (bicyclic) bond motifs is 1. The Kier molecular flexibility index (Phi) is 5.58. The van der Waals surface area contributed by atoms with Crippen molar-refractivity contribution < 1.29 is 0 Å². The van der Waals surface area contributed by atoms with Gasteiger partial charge in [0.15, 0.2) is 0 Å². The van der Waals surface area contributed by atoms with Gasteiger partial charge in [-0.15, -0.1) is 44.2 Å². The summed E-state index contributed by atoms with van der Waals surface area (Å²) < 4.78 is 1.27. The lowest BCUT2D eigenvalue weighted by molar-refractivity contribution is 0.434. The molecule has 0 amide bonds. The van der Waals surface area contributed by atoms with Crippen molar-refractivity contribution >= 4 is 44.2 Å². The van der Waals surface area contributed by atoms with Crippen molar-refractivity contribution in [3.05, 3.63) is 55.9 Å². The summed E-state index contributed by atoms with van der Waals surface area (Å²) in [6.07, 6.45) is 2.01. The highest BCUT2D eigenvalue weighted by Gasteiger charge is 2.28. The summed E-state index contributed by atoms with van der Waals surface area (Å²) in [5.41, 5.74) is 7.36. The maximum atomic E-state index is 4.97. The molecule has 0 aliphatic heterocycles. The van der Waals surface area contributed by atoms with Crippen LogP contribution in [-0.2, 0) is 11.8 Å². The van der Waals surface area contributed by atoms with Gasteiger partial charge in [-0.1, -0.05) is 33.8 Å². The van der Waals surface area contributed by atoms with Crippen LogP contribution in [0.15, 0.2) is 34.6 Å². The van der Waals surface area contributed by atoms with Crippen molar-refractivity contribution in [3.8, 4) is 0 Å². The Bertz CT molecular complexity index is 1040. The molecule has 0 spiro atoms. The van der Waals surface area contributed by atoms with E-state index in [1.165, 1.54) is 21.0 Å². The molecule has 4 aromatic rings. The molecule has 0 radical (unpaired) electrons. The molecule has 7 heteroatoms. The second kappa shape index (κ2) is 7.97. The summed E-state index contributed by atoms with van der Waals surface area (Å²) in [5.74, 6) is 0.810. The third kappa shape index (κ3) is 4.16. The van der Waals surface area contributed by atoms with E-state index < -0.39 is 0 Å². The largest absolute Gasteiger partial charge is 0.249 e. The summed E-state index contributed by atoms with van der Waals surface area (Å²) in [7, 11) is 0. The standard InChI is InChI=1S/C21H24N4S3/c1-13(19-25-23-12-27-19)7-15-5-6-16-18(8-15)28-20(24-16)21(3,4)9-14(2)17-10-26-11-22-17/h5-6,8,10-14H,7,9H2,1-4H3. The number of hydrogen-bond donors (Lipinski definition) is 0. The number of hydrogen-bond acceptors (Lipinski definition) is 7. The Hall–Kier alpha value is -1.70. The van der Waals surface area contributed by atoms with E-state index in [-0.39, 0.29) is 5.41 Å². The van der Waals surface area contributed by atoms with Crippen molar-refractivity contribution in [2.24, 2.45) is 0 Å². The van der Waals surface area contributed by atoms with E-state index in [1.54, 1.807) is 28.2 Å². The minimum Gasteiger partial charge on any atom is -0.249 e. The molecule has 0 aliphatic rings. The second-order valence-corrected chi connectivity index (χ2v) is 10.7.